The van der Waals surface area contributed by atoms with Crippen LogP contribution in [0.2, 0.25) is 0 Å². The smallest absolute Gasteiger partial charge is 0.162 e. The molecule has 0 amide bonds. The van der Waals surface area contributed by atoms with Gasteiger partial charge in [-0.1, -0.05) is 11.2 Å². The summed E-state index contributed by atoms with van der Waals surface area (Å²) in [5.74, 6) is -3.41. The van der Waals surface area contributed by atoms with Crippen LogP contribution in [-0.2, 0) is 9.59 Å². The van der Waals surface area contributed by atoms with Gasteiger partial charge in [0.2, 0.25) is 0 Å². The number of hydrogen-bond acceptors (Lipinski definition) is 7. The summed E-state index contributed by atoms with van der Waals surface area (Å²) in [5, 5.41) is 25.3. The van der Waals surface area contributed by atoms with E-state index in [1.54, 1.807) is 0 Å². The van der Waals surface area contributed by atoms with Gasteiger partial charge in [0.05, 0.1) is 17.6 Å². The first-order valence-electron chi connectivity index (χ1n) is 6.28. The lowest BCUT2D eigenvalue weighted by Crippen LogP contribution is -2.42. The molecule has 0 saturated carbocycles. The molecule has 3 heterocycles. The minimum atomic E-state index is -2.19. The fraction of sp³-hybridized carbons (Fsp3) is 0.462. The minimum absolute atomic E-state index is 0.564. The normalized spacial score (nSPS) is 23.6. The van der Waals surface area contributed by atoms with Crippen LogP contribution in [0.4, 0.5) is 0 Å². The van der Waals surface area contributed by atoms with Gasteiger partial charge in [0.15, 0.2) is 5.76 Å². The van der Waals surface area contributed by atoms with E-state index in [0.717, 1.165) is 17.9 Å². The molecular weight excluding hydrogens is 264 g/mol. The van der Waals surface area contributed by atoms with E-state index in [-0.39, 0.29) is 0 Å². The Kier molecular flexibility index (Phi) is 4.19. The standard InChI is InChI=1S/C11H14N2O.C2H2O4/c1-7-4-11(14-13-7)8-5-9-2-3-10(6-8)12-9;3-1(4)2(5)6/h4-5,9-10,12H,2-3,6H2,1H3;(H,3,4)(H,5,6)/p-2. The highest BCUT2D eigenvalue weighted by Crippen LogP contribution is 2.31. The summed E-state index contributed by atoms with van der Waals surface area (Å²) in [6.07, 6.45) is 5.94. The number of carboxylic acid groups (broad SMARTS) is 2. The van der Waals surface area contributed by atoms with Crippen molar-refractivity contribution in [3.63, 3.8) is 0 Å². The summed E-state index contributed by atoms with van der Waals surface area (Å²) in [7, 11) is 0. The SMILES string of the molecule is Cc1cc(C2=CC3CCC(C2)N3)on1.O=C([O-])C(=O)[O-]. The van der Waals surface area contributed by atoms with Crippen LogP contribution in [0.5, 0.6) is 0 Å². The van der Waals surface area contributed by atoms with Gasteiger partial charge in [0.25, 0.3) is 0 Å². The Morgan fingerprint density at radius 2 is 2.05 bits per heavy atom. The highest BCUT2D eigenvalue weighted by molar-refractivity contribution is 6.25. The van der Waals surface area contributed by atoms with Crippen molar-refractivity contribution in [3.05, 3.63) is 23.6 Å². The number of carboxylic acids is 2. The van der Waals surface area contributed by atoms with Crippen molar-refractivity contribution >= 4 is 17.5 Å². The number of carbonyl (C=O) groups excluding carboxylic acids is 2. The zero-order valence-electron chi connectivity index (χ0n) is 10.9. The minimum Gasteiger partial charge on any atom is -0.543 e. The van der Waals surface area contributed by atoms with Crippen LogP contribution in [0.15, 0.2) is 16.7 Å². The molecule has 2 bridgehead atoms. The molecule has 20 heavy (non-hydrogen) atoms. The largest absolute Gasteiger partial charge is 0.543 e. The Labute approximate surface area is 115 Å². The molecule has 2 aliphatic heterocycles. The number of aryl methyl sites for hydroxylation is 1. The second-order valence-corrected chi connectivity index (χ2v) is 4.85. The molecule has 108 valence electrons. The van der Waals surface area contributed by atoms with Crippen LogP contribution in [0, 0.1) is 6.92 Å². The molecule has 2 aliphatic rings. The summed E-state index contributed by atoms with van der Waals surface area (Å²) < 4.78 is 5.28. The van der Waals surface area contributed by atoms with E-state index in [4.69, 9.17) is 24.3 Å². The van der Waals surface area contributed by atoms with Crippen LogP contribution >= 0.6 is 0 Å². The number of aromatic nitrogens is 1. The summed E-state index contributed by atoms with van der Waals surface area (Å²) >= 11 is 0. The highest BCUT2D eigenvalue weighted by atomic mass is 16.5. The molecule has 0 aliphatic carbocycles. The molecule has 2 unspecified atom stereocenters. The van der Waals surface area contributed by atoms with Crippen molar-refractivity contribution in [3.8, 4) is 0 Å². The number of nitrogens with zero attached hydrogens (tertiary/aromatic N) is 1. The number of fused-ring (bicyclic) bond motifs is 2. The lowest BCUT2D eigenvalue weighted by molar-refractivity contribution is -0.345. The van der Waals surface area contributed by atoms with Crippen LogP contribution in [0.25, 0.3) is 5.57 Å². The first-order chi connectivity index (χ1) is 9.45. The lowest BCUT2D eigenvalue weighted by Gasteiger charge is -2.19. The van der Waals surface area contributed by atoms with Crippen molar-refractivity contribution in [2.75, 3.05) is 0 Å². The predicted octanol–water partition coefficient (Wildman–Crippen LogP) is -1.62. The Bertz CT molecular complexity index is 537. The number of nitrogens with one attached hydrogen (secondary N) is 1. The van der Waals surface area contributed by atoms with Gasteiger partial charge >= 0.3 is 0 Å². The number of aliphatic carboxylic acids is 2. The van der Waals surface area contributed by atoms with Crippen LogP contribution in [0.1, 0.15) is 30.7 Å². The van der Waals surface area contributed by atoms with E-state index in [1.165, 1.54) is 18.4 Å². The molecule has 1 fully saturated rings. The van der Waals surface area contributed by atoms with Gasteiger partial charge in [-0.15, -0.1) is 0 Å². The third kappa shape index (κ3) is 3.45. The molecule has 1 saturated heterocycles. The van der Waals surface area contributed by atoms with Gasteiger partial charge in [-0.25, -0.2) is 0 Å². The summed E-state index contributed by atoms with van der Waals surface area (Å²) in [6, 6.07) is 3.25. The van der Waals surface area contributed by atoms with E-state index in [9.17, 15) is 0 Å². The monoisotopic (exact) mass is 278 g/mol. The van der Waals surface area contributed by atoms with Crippen molar-refractivity contribution in [2.24, 2.45) is 0 Å². The second kappa shape index (κ2) is 5.87. The third-order valence-corrected chi connectivity index (χ3v) is 3.26. The average molecular weight is 278 g/mol. The molecule has 1 aromatic heterocycles. The quantitative estimate of drug-likeness (QED) is 0.613. The van der Waals surface area contributed by atoms with E-state index < -0.39 is 11.9 Å². The summed E-state index contributed by atoms with van der Waals surface area (Å²) in [6.45, 7) is 1.96. The lowest BCUT2D eigenvalue weighted by atomic mass is 10.0. The maximum Gasteiger partial charge on any atom is 0.162 e. The molecule has 0 aromatic carbocycles. The molecule has 1 N–H and O–H groups in total. The van der Waals surface area contributed by atoms with Gasteiger partial charge < -0.3 is 29.6 Å². The maximum atomic E-state index is 8.93. The number of carbonyl (C=O) groups is 2. The molecule has 7 nitrogen and oxygen atoms in total. The third-order valence-electron chi connectivity index (χ3n) is 3.26. The van der Waals surface area contributed by atoms with Gasteiger partial charge in [0.1, 0.15) is 0 Å². The van der Waals surface area contributed by atoms with Gasteiger partial charge in [-0.3, -0.25) is 0 Å². The first kappa shape index (κ1) is 14.3. The Hall–Kier alpha value is -2.15. The van der Waals surface area contributed by atoms with Crippen molar-refractivity contribution in [2.45, 2.75) is 38.3 Å². The molecule has 7 heteroatoms. The van der Waals surface area contributed by atoms with Crippen LogP contribution < -0.4 is 15.5 Å². The van der Waals surface area contributed by atoms with Crippen LogP contribution in [0.3, 0.4) is 0 Å². The predicted molar refractivity (Wildman–Crippen MR) is 63.8 cm³/mol. The molecular formula is C13H14N2O5-2. The van der Waals surface area contributed by atoms with E-state index in [2.05, 4.69) is 16.5 Å². The maximum absolute atomic E-state index is 8.93. The average Bonchev–Trinajstić information content (AvgIpc) is 2.96. The van der Waals surface area contributed by atoms with Crippen LogP contribution in [-0.4, -0.2) is 29.2 Å². The van der Waals surface area contributed by atoms with Gasteiger partial charge in [-0.2, -0.15) is 0 Å². The Balaban J connectivity index is 0.000000212. The van der Waals surface area contributed by atoms with Gasteiger partial charge in [-0.05, 0) is 31.8 Å². The van der Waals surface area contributed by atoms with E-state index >= 15 is 0 Å². The fourth-order valence-corrected chi connectivity index (χ4v) is 2.42. The molecule has 3 rings (SSSR count). The Morgan fingerprint density at radius 3 is 2.55 bits per heavy atom. The molecule has 1 aromatic rings. The molecule has 0 radical (unpaired) electrons. The van der Waals surface area contributed by atoms with E-state index in [1.807, 2.05) is 13.0 Å². The topological polar surface area (TPSA) is 118 Å². The zero-order chi connectivity index (χ0) is 14.7. The van der Waals surface area contributed by atoms with Crippen molar-refractivity contribution < 1.29 is 24.3 Å². The Morgan fingerprint density at radius 1 is 1.35 bits per heavy atom. The van der Waals surface area contributed by atoms with Gasteiger partial charge in [0, 0.05) is 18.2 Å². The molecule has 2 atom stereocenters. The molecule has 0 spiro atoms. The van der Waals surface area contributed by atoms with Crippen molar-refractivity contribution in [1.82, 2.24) is 10.5 Å². The summed E-state index contributed by atoms with van der Waals surface area (Å²) in [5.41, 5.74) is 2.30. The van der Waals surface area contributed by atoms with E-state index in [0.29, 0.717) is 12.1 Å². The first-order valence-corrected chi connectivity index (χ1v) is 6.28. The highest BCUT2D eigenvalue weighted by Gasteiger charge is 2.29. The number of rotatable bonds is 1. The zero-order valence-corrected chi connectivity index (χ0v) is 10.9. The summed E-state index contributed by atoms with van der Waals surface area (Å²) in [4.78, 5) is 17.9. The fourth-order valence-electron chi connectivity index (χ4n) is 2.42. The number of hydrogen-bond donors (Lipinski definition) is 1. The van der Waals surface area contributed by atoms with Crippen molar-refractivity contribution in [1.29, 1.82) is 0 Å². The second-order valence-electron chi connectivity index (χ2n) is 4.85.